The van der Waals surface area contributed by atoms with Gasteiger partial charge in [0, 0.05) is 5.56 Å². The molecule has 0 amide bonds. The summed E-state index contributed by atoms with van der Waals surface area (Å²) in [5, 5.41) is 0. The zero-order chi connectivity index (χ0) is 11.7. The van der Waals surface area contributed by atoms with E-state index in [4.69, 9.17) is 10.2 Å². The molecule has 4 heteroatoms. The van der Waals surface area contributed by atoms with Gasteiger partial charge in [-0.2, -0.15) is 0 Å². The number of hydrogen-bond acceptors (Lipinski definition) is 4. The Hall–Kier alpha value is -2.20. The molecule has 3 rings (SSSR count). The van der Waals surface area contributed by atoms with Crippen LogP contribution in [-0.4, -0.2) is 9.97 Å². The molecule has 0 radical (unpaired) electrons. The first-order valence-electron chi connectivity index (χ1n) is 5.34. The van der Waals surface area contributed by atoms with Crippen LogP contribution in [0.4, 0.5) is 0 Å². The molecule has 84 valence electrons. The number of aromatic nitrogens is 2. The van der Waals surface area contributed by atoms with Gasteiger partial charge in [-0.3, -0.25) is 4.98 Å². The first-order chi connectivity index (χ1) is 8.34. The molecule has 0 fully saturated rings. The van der Waals surface area contributed by atoms with E-state index >= 15 is 0 Å². The van der Waals surface area contributed by atoms with Crippen molar-refractivity contribution < 1.29 is 4.42 Å². The highest BCUT2D eigenvalue weighted by Gasteiger charge is 2.12. The van der Waals surface area contributed by atoms with Crippen LogP contribution in [-0.2, 0) is 0 Å². The summed E-state index contributed by atoms with van der Waals surface area (Å²) in [4.78, 5) is 8.84. The summed E-state index contributed by atoms with van der Waals surface area (Å²) in [6.07, 6.45) is 4.94. The number of hydrogen-bond donors (Lipinski definition) is 1. The van der Waals surface area contributed by atoms with Crippen LogP contribution in [0, 0.1) is 0 Å². The van der Waals surface area contributed by atoms with Crippen LogP contribution in [0.5, 0.6) is 0 Å². The highest BCUT2D eigenvalue weighted by atomic mass is 16.3. The molecule has 0 bridgehead atoms. The van der Waals surface area contributed by atoms with E-state index in [0.717, 1.165) is 22.3 Å². The normalized spacial score (nSPS) is 12.8. The van der Waals surface area contributed by atoms with Crippen molar-refractivity contribution in [3.05, 3.63) is 60.3 Å². The van der Waals surface area contributed by atoms with E-state index in [1.807, 2.05) is 30.3 Å². The largest absolute Gasteiger partial charge is 0.472 e. The minimum absolute atomic E-state index is 0.300. The average Bonchev–Trinajstić information content (AvgIpc) is 2.91. The third-order valence-electron chi connectivity index (χ3n) is 2.69. The fourth-order valence-electron chi connectivity index (χ4n) is 1.74. The smallest absolute Gasteiger partial charge is 0.0954 e. The Bertz CT molecular complexity index is 634. The van der Waals surface area contributed by atoms with Crippen LogP contribution >= 0.6 is 0 Å². The van der Waals surface area contributed by atoms with Gasteiger partial charge in [-0.15, -0.1) is 0 Å². The number of nitrogens with two attached hydrogens (primary N) is 1. The minimum atomic E-state index is -0.300. The first kappa shape index (κ1) is 9.99. The number of rotatable bonds is 2. The molecular weight excluding hydrogens is 214 g/mol. The van der Waals surface area contributed by atoms with Gasteiger partial charge in [0.2, 0.25) is 0 Å². The molecule has 0 saturated carbocycles. The Labute approximate surface area is 98.1 Å². The zero-order valence-electron chi connectivity index (χ0n) is 9.08. The standard InChI is InChI=1S/C13H11N3O/c14-13(9-5-6-17-8-9)12-7-15-10-3-1-2-4-11(10)16-12/h1-8,13H,14H2. The molecule has 2 aromatic heterocycles. The van der Waals surface area contributed by atoms with E-state index in [9.17, 15) is 0 Å². The second-order valence-electron chi connectivity index (χ2n) is 3.82. The van der Waals surface area contributed by atoms with Crippen molar-refractivity contribution in [2.75, 3.05) is 0 Å². The van der Waals surface area contributed by atoms with Gasteiger partial charge in [0.1, 0.15) is 0 Å². The summed E-state index contributed by atoms with van der Waals surface area (Å²) in [6, 6.07) is 9.26. The molecule has 2 N–H and O–H groups in total. The molecule has 0 aliphatic carbocycles. The van der Waals surface area contributed by atoms with E-state index in [-0.39, 0.29) is 6.04 Å². The maximum Gasteiger partial charge on any atom is 0.0954 e. The lowest BCUT2D eigenvalue weighted by Gasteiger charge is -2.08. The summed E-state index contributed by atoms with van der Waals surface area (Å²) in [7, 11) is 0. The predicted molar refractivity (Wildman–Crippen MR) is 64.3 cm³/mol. The monoisotopic (exact) mass is 225 g/mol. The van der Waals surface area contributed by atoms with Crippen molar-refractivity contribution in [1.29, 1.82) is 0 Å². The van der Waals surface area contributed by atoms with Crippen molar-refractivity contribution in [1.82, 2.24) is 9.97 Å². The SMILES string of the molecule is NC(c1ccoc1)c1cnc2ccccc2n1. The lowest BCUT2D eigenvalue weighted by Crippen LogP contribution is -2.13. The molecule has 3 aromatic rings. The second-order valence-corrected chi connectivity index (χ2v) is 3.82. The Morgan fingerprint density at radius 3 is 2.71 bits per heavy atom. The zero-order valence-corrected chi connectivity index (χ0v) is 9.08. The molecule has 0 saturated heterocycles. The highest BCUT2D eigenvalue weighted by Crippen LogP contribution is 2.19. The van der Waals surface area contributed by atoms with Crippen LogP contribution in [0.15, 0.2) is 53.5 Å². The third-order valence-corrected chi connectivity index (χ3v) is 2.69. The van der Waals surface area contributed by atoms with Gasteiger partial charge in [0.05, 0.1) is 41.5 Å². The van der Waals surface area contributed by atoms with Crippen LogP contribution in [0.25, 0.3) is 11.0 Å². The molecule has 17 heavy (non-hydrogen) atoms. The van der Waals surface area contributed by atoms with E-state index < -0.39 is 0 Å². The van der Waals surface area contributed by atoms with Crippen molar-refractivity contribution in [3.8, 4) is 0 Å². The quantitative estimate of drug-likeness (QED) is 0.726. The highest BCUT2D eigenvalue weighted by molar-refractivity contribution is 5.73. The van der Waals surface area contributed by atoms with Gasteiger partial charge in [-0.25, -0.2) is 4.98 Å². The number of para-hydroxylation sites is 2. The van der Waals surface area contributed by atoms with E-state index in [2.05, 4.69) is 9.97 Å². The van der Waals surface area contributed by atoms with Crippen LogP contribution < -0.4 is 5.73 Å². The van der Waals surface area contributed by atoms with Crippen LogP contribution in [0.1, 0.15) is 17.3 Å². The topological polar surface area (TPSA) is 64.9 Å². The first-order valence-corrected chi connectivity index (χ1v) is 5.34. The summed E-state index contributed by atoms with van der Waals surface area (Å²) in [5.74, 6) is 0. The minimum Gasteiger partial charge on any atom is -0.472 e. The Morgan fingerprint density at radius 2 is 1.94 bits per heavy atom. The van der Waals surface area contributed by atoms with Gasteiger partial charge >= 0.3 is 0 Å². The Morgan fingerprint density at radius 1 is 1.12 bits per heavy atom. The average molecular weight is 225 g/mol. The lowest BCUT2D eigenvalue weighted by atomic mass is 10.1. The summed E-state index contributed by atoms with van der Waals surface area (Å²) in [6.45, 7) is 0. The molecule has 0 aliphatic rings. The van der Waals surface area contributed by atoms with Gasteiger partial charge in [-0.05, 0) is 18.2 Å². The summed E-state index contributed by atoms with van der Waals surface area (Å²) in [5.41, 5.74) is 9.45. The summed E-state index contributed by atoms with van der Waals surface area (Å²) < 4.78 is 5.02. The van der Waals surface area contributed by atoms with Crippen LogP contribution in [0.3, 0.4) is 0 Å². The van der Waals surface area contributed by atoms with E-state index in [1.54, 1.807) is 18.7 Å². The maximum atomic E-state index is 6.09. The number of fused-ring (bicyclic) bond motifs is 1. The molecular formula is C13H11N3O. The van der Waals surface area contributed by atoms with Crippen molar-refractivity contribution in [3.63, 3.8) is 0 Å². The third kappa shape index (κ3) is 1.79. The van der Waals surface area contributed by atoms with Gasteiger partial charge in [0.15, 0.2) is 0 Å². The molecule has 1 aromatic carbocycles. The van der Waals surface area contributed by atoms with E-state index in [0.29, 0.717) is 0 Å². The fourth-order valence-corrected chi connectivity index (χ4v) is 1.74. The molecule has 2 heterocycles. The summed E-state index contributed by atoms with van der Waals surface area (Å²) >= 11 is 0. The molecule has 0 aliphatic heterocycles. The predicted octanol–water partition coefficient (Wildman–Crippen LogP) is 2.27. The molecule has 4 nitrogen and oxygen atoms in total. The van der Waals surface area contributed by atoms with Gasteiger partial charge in [0.25, 0.3) is 0 Å². The molecule has 0 spiro atoms. The fraction of sp³-hybridized carbons (Fsp3) is 0.0769. The Kier molecular flexibility index (Phi) is 2.34. The maximum absolute atomic E-state index is 6.09. The van der Waals surface area contributed by atoms with Crippen LogP contribution in [0.2, 0.25) is 0 Å². The van der Waals surface area contributed by atoms with Gasteiger partial charge in [-0.1, -0.05) is 12.1 Å². The number of nitrogens with zero attached hydrogens (tertiary/aromatic N) is 2. The number of benzene rings is 1. The van der Waals surface area contributed by atoms with E-state index in [1.165, 1.54) is 0 Å². The lowest BCUT2D eigenvalue weighted by molar-refractivity contribution is 0.561. The molecule has 1 atom stereocenters. The Balaban J connectivity index is 2.06. The van der Waals surface area contributed by atoms with Crippen molar-refractivity contribution >= 4 is 11.0 Å². The number of furan rings is 1. The molecule has 1 unspecified atom stereocenters. The van der Waals surface area contributed by atoms with Gasteiger partial charge < -0.3 is 10.2 Å². The van der Waals surface area contributed by atoms with Crippen molar-refractivity contribution in [2.24, 2.45) is 5.73 Å². The second kappa shape index (κ2) is 3.99. The van der Waals surface area contributed by atoms with Crippen molar-refractivity contribution in [2.45, 2.75) is 6.04 Å².